The Kier molecular flexibility index (Phi) is 4.85. The Labute approximate surface area is 181 Å². The quantitative estimate of drug-likeness (QED) is 0.664. The molecule has 3 aromatic rings. The predicted octanol–water partition coefficient (Wildman–Crippen LogP) is 2.77. The molecule has 1 N–H and O–H groups in total. The van der Waals surface area contributed by atoms with E-state index in [1.54, 1.807) is 36.7 Å². The van der Waals surface area contributed by atoms with E-state index in [0.29, 0.717) is 29.0 Å². The molecule has 0 bridgehead atoms. The number of aromatic nitrogens is 2. The highest BCUT2D eigenvalue weighted by Crippen LogP contribution is 2.30. The lowest BCUT2D eigenvalue weighted by Gasteiger charge is -2.14. The lowest BCUT2D eigenvalue weighted by molar-refractivity contribution is -0.119. The van der Waals surface area contributed by atoms with E-state index in [2.05, 4.69) is 25.7 Å². The molecule has 0 radical (unpaired) electrons. The number of nitrogens with one attached hydrogen (secondary N) is 1. The molecule has 4 heterocycles. The minimum atomic E-state index is -0.577. The number of anilines is 1. The van der Waals surface area contributed by atoms with Crippen molar-refractivity contribution in [1.29, 1.82) is 0 Å². The van der Waals surface area contributed by atoms with Crippen LogP contribution in [0.25, 0.3) is 16.8 Å². The number of rotatable bonds is 5. The Bertz CT molecular complexity index is 1300. The maximum atomic E-state index is 15.0. The first kappa shape index (κ1) is 19.8. The van der Waals surface area contributed by atoms with E-state index in [0.717, 1.165) is 11.4 Å². The Morgan fingerprint density at radius 2 is 2.19 bits per heavy atom. The molecule has 0 spiro atoms. The highest BCUT2D eigenvalue weighted by Gasteiger charge is 2.32. The SMILES string of the molecule is CC(=O)NC[C@H]1CN(c2ccc(-c3ccn4c(C5=NN=NC5)cnc4c3)c(F)c2)C(=O)O1. The summed E-state index contributed by atoms with van der Waals surface area (Å²) < 4.78 is 22.1. The smallest absolute Gasteiger partial charge is 0.414 e. The Balaban J connectivity index is 1.38. The van der Waals surface area contributed by atoms with Crippen molar-refractivity contribution in [2.45, 2.75) is 13.0 Å². The number of cyclic esters (lactones) is 1. The minimum absolute atomic E-state index is 0.207. The number of hydrogen-bond donors (Lipinski definition) is 1. The van der Waals surface area contributed by atoms with Gasteiger partial charge in [-0.05, 0) is 41.1 Å². The fraction of sp³-hybridized carbons (Fsp3) is 0.238. The average molecular weight is 435 g/mol. The van der Waals surface area contributed by atoms with Crippen LogP contribution >= 0.6 is 0 Å². The van der Waals surface area contributed by atoms with Crippen LogP contribution in [-0.4, -0.2) is 52.8 Å². The first-order chi connectivity index (χ1) is 15.5. The molecule has 2 amide bonds. The van der Waals surface area contributed by atoms with Gasteiger partial charge in [-0.1, -0.05) is 0 Å². The first-order valence-corrected chi connectivity index (χ1v) is 9.93. The maximum Gasteiger partial charge on any atom is 0.414 e. The number of halogens is 1. The molecule has 10 nitrogen and oxygen atoms in total. The van der Waals surface area contributed by atoms with Gasteiger partial charge in [-0.25, -0.2) is 14.2 Å². The largest absolute Gasteiger partial charge is 0.442 e. The molecule has 2 aliphatic rings. The van der Waals surface area contributed by atoms with Crippen LogP contribution in [0.5, 0.6) is 0 Å². The summed E-state index contributed by atoms with van der Waals surface area (Å²) in [6.07, 6.45) is 2.42. The van der Waals surface area contributed by atoms with Crippen molar-refractivity contribution in [2.75, 3.05) is 24.5 Å². The fourth-order valence-electron chi connectivity index (χ4n) is 3.71. The normalized spacial score (nSPS) is 17.7. The van der Waals surface area contributed by atoms with Crippen LogP contribution in [0.15, 0.2) is 58.2 Å². The summed E-state index contributed by atoms with van der Waals surface area (Å²) in [7, 11) is 0. The first-order valence-electron chi connectivity index (χ1n) is 9.93. The Hall–Kier alpha value is -4.15. The number of nitrogens with zero attached hydrogens (tertiary/aromatic N) is 6. The summed E-state index contributed by atoms with van der Waals surface area (Å²) in [5.41, 5.74) is 3.56. The van der Waals surface area contributed by atoms with Gasteiger partial charge in [0.2, 0.25) is 5.91 Å². The molecule has 1 aromatic carbocycles. The van der Waals surface area contributed by atoms with Crippen molar-refractivity contribution in [3.8, 4) is 11.1 Å². The van der Waals surface area contributed by atoms with Crippen LogP contribution in [0.3, 0.4) is 0 Å². The van der Waals surface area contributed by atoms with E-state index in [1.807, 2.05) is 4.40 Å². The molecule has 1 atom stereocenters. The zero-order valence-electron chi connectivity index (χ0n) is 17.0. The third-order valence-electron chi connectivity index (χ3n) is 5.29. The van der Waals surface area contributed by atoms with Gasteiger partial charge in [0.15, 0.2) is 0 Å². The zero-order valence-corrected chi connectivity index (χ0v) is 17.0. The van der Waals surface area contributed by atoms with Crippen molar-refractivity contribution in [3.05, 3.63) is 54.2 Å². The van der Waals surface area contributed by atoms with E-state index in [9.17, 15) is 9.59 Å². The monoisotopic (exact) mass is 435 g/mol. The van der Waals surface area contributed by atoms with Crippen LogP contribution in [0.2, 0.25) is 0 Å². The van der Waals surface area contributed by atoms with Crippen molar-refractivity contribution < 1.29 is 18.7 Å². The van der Waals surface area contributed by atoms with E-state index >= 15 is 4.39 Å². The van der Waals surface area contributed by atoms with E-state index in [-0.39, 0.29) is 19.0 Å². The molecule has 11 heteroatoms. The van der Waals surface area contributed by atoms with E-state index in [1.165, 1.54) is 17.9 Å². The Morgan fingerprint density at radius 3 is 2.94 bits per heavy atom. The third kappa shape index (κ3) is 3.57. The fourth-order valence-corrected chi connectivity index (χ4v) is 3.71. The summed E-state index contributed by atoms with van der Waals surface area (Å²) in [5, 5.41) is 14.1. The van der Waals surface area contributed by atoms with Gasteiger partial charge in [0.1, 0.15) is 29.8 Å². The van der Waals surface area contributed by atoms with Gasteiger partial charge in [0.05, 0.1) is 30.7 Å². The predicted molar refractivity (Wildman–Crippen MR) is 113 cm³/mol. The molecular weight excluding hydrogens is 417 g/mol. The van der Waals surface area contributed by atoms with Gasteiger partial charge >= 0.3 is 6.09 Å². The zero-order chi connectivity index (χ0) is 22.2. The number of pyridine rings is 1. The second kappa shape index (κ2) is 7.84. The molecule has 32 heavy (non-hydrogen) atoms. The maximum absolute atomic E-state index is 15.0. The summed E-state index contributed by atoms with van der Waals surface area (Å²) in [5.74, 6) is -0.688. The standard InChI is InChI=1S/C21H18FN7O3/c1-12(30)23-8-15-11-29(21(31)32-15)14-2-3-16(17(22)7-14)13-4-5-28-19(10-24-20(28)6-13)18-9-25-27-26-18/h2-7,10,15H,8-9,11H2,1H3,(H,23,30)/t15-/m0/s1. The highest BCUT2D eigenvalue weighted by molar-refractivity contribution is 6.01. The molecule has 2 aliphatic heterocycles. The van der Waals surface area contributed by atoms with Crippen LogP contribution in [0.4, 0.5) is 14.9 Å². The van der Waals surface area contributed by atoms with Gasteiger partial charge in [0, 0.05) is 18.7 Å². The lowest BCUT2D eigenvalue weighted by atomic mass is 10.1. The van der Waals surface area contributed by atoms with E-state index < -0.39 is 18.0 Å². The van der Waals surface area contributed by atoms with Crippen molar-refractivity contribution in [2.24, 2.45) is 15.4 Å². The van der Waals surface area contributed by atoms with Crippen molar-refractivity contribution in [1.82, 2.24) is 14.7 Å². The number of benzene rings is 1. The highest BCUT2D eigenvalue weighted by atomic mass is 19.1. The van der Waals surface area contributed by atoms with Gasteiger partial charge in [-0.2, -0.15) is 5.11 Å². The lowest BCUT2D eigenvalue weighted by Crippen LogP contribution is -2.33. The number of amides is 2. The molecule has 0 unspecified atom stereocenters. The number of carbonyl (C=O) groups excluding carboxylic acids is 2. The average Bonchev–Trinajstić information content (AvgIpc) is 3.51. The molecule has 2 aromatic heterocycles. The van der Waals surface area contributed by atoms with Crippen LogP contribution in [-0.2, 0) is 9.53 Å². The summed E-state index contributed by atoms with van der Waals surface area (Å²) in [4.78, 5) is 29.0. The molecular formula is C21H18FN7O3. The summed E-state index contributed by atoms with van der Waals surface area (Å²) >= 11 is 0. The molecule has 5 rings (SSSR count). The second-order valence-electron chi connectivity index (χ2n) is 7.44. The number of hydrogen-bond acceptors (Lipinski definition) is 7. The topological polar surface area (TPSA) is 113 Å². The number of fused-ring (bicyclic) bond motifs is 1. The molecule has 0 saturated carbocycles. The number of imidazole rings is 1. The summed E-state index contributed by atoms with van der Waals surface area (Å²) in [6.45, 7) is 2.22. The molecule has 1 saturated heterocycles. The van der Waals surface area contributed by atoms with Gasteiger partial charge in [0.25, 0.3) is 0 Å². The van der Waals surface area contributed by atoms with Crippen molar-refractivity contribution in [3.63, 3.8) is 0 Å². The van der Waals surface area contributed by atoms with Crippen molar-refractivity contribution >= 4 is 29.0 Å². The van der Waals surface area contributed by atoms with Gasteiger partial charge in [-0.15, -0.1) is 5.10 Å². The third-order valence-corrected chi connectivity index (χ3v) is 5.29. The summed E-state index contributed by atoms with van der Waals surface area (Å²) in [6, 6.07) is 8.15. The number of carbonyl (C=O) groups is 2. The molecule has 162 valence electrons. The van der Waals surface area contributed by atoms with Crippen LogP contribution in [0.1, 0.15) is 12.6 Å². The molecule has 0 aliphatic carbocycles. The van der Waals surface area contributed by atoms with Gasteiger partial charge in [-0.3, -0.25) is 14.1 Å². The molecule has 1 fully saturated rings. The van der Waals surface area contributed by atoms with Gasteiger partial charge < -0.3 is 10.1 Å². The second-order valence-corrected chi connectivity index (χ2v) is 7.44. The Morgan fingerprint density at radius 1 is 1.31 bits per heavy atom. The van der Waals surface area contributed by atoms with Crippen LogP contribution < -0.4 is 10.2 Å². The van der Waals surface area contributed by atoms with Crippen LogP contribution in [0, 0.1) is 5.82 Å². The number of ether oxygens (including phenoxy) is 1. The van der Waals surface area contributed by atoms with E-state index in [4.69, 9.17) is 4.74 Å². The minimum Gasteiger partial charge on any atom is -0.442 e.